The molecule has 9 heteroatoms. The van der Waals surface area contributed by atoms with Gasteiger partial charge < -0.3 is 10.2 Å². The Hall–Kier alpha value is -2.94. The Bertz CT molecular complexity index is 1100. The maximum Gasteiger partial charge on any atom is 0.244 e. The largest absolute Gasteiger partial charge is 0.352 e. The van der Waals surface area contributed by atoms with E-state index in [1.165, 1.54) is 30.0 Å². The summed E-state index contributed by atoms with van der Waals surface area (Å²) in [7, 11) is -3.81. The summed E-state index contributed by atoms with van der Waals surface area (Å²) in [5.41, 5.74) is 2.28. The second kappa shape index (κ2) is 10.8. The fraction of sp³-hybridized carbons (Fsp3) is 0.417. The maximum atomic E-state index is 14.3. The average molecular weight is 478 g/mol. The predicted molar refractivity (Wildman–Crippen MR) is 128 cm³/mol. The fourth-order valence-electron chi connectivity index (χ4n) is 3.51. The molecule has 2 rings (SSSR count). The smallest absolute Gasteiger partial charge is 0.244 e. The van der Waals surface area contributed by atoms with Gasteiger partial charge in [0.05, 0.1) is 11.9 Å². The number of anilines is 1. The van der Waals surface area contributed by atoms with Gasteiger partial charge in [-0.1, -0.05) is 24.3 Å². The molecule has 0 aromatic heterocycles. The van der Waals surface area contributed by atoms with Gasteiger partial charge in [-0.25, -0.2) is 12.8 Å². The standard InChI is InChI=1S/C24H32FN3O4S/c1-16(2)26-24(30)19(5)27(14-20-9-7-8-10-22(20)25)23(29)15-28(33(6,31)32)21-12-17(3)11-18(4)13-21/h7-13,16,19H,14-15H2,1-6H3,(H,26,30). The number of carbonyl (C=O) groups excluding carboxylic acids is 2. The van der Waals surface area contributed by atoms with Gasteiger partial charge in [-0.2, -0.15) is 0 Å². The van der Waals surface area contributed by atoms with Crippen LogP contribution >= 0.6 is 0 Å². The van der Waals surface area contributed by atoms with Crippen LogP contribution in [-0.2, 0) is 26.2 Å². The van der Waals surface area contributed by atoms with Gasteiger partial charge in [-0.05, 0) is 63.9 Å². The van der Waals surface area contributed by atoms with Gasteiger partial charge in [0.25, 0.3) is 0 Å². The molecule has 33 heavy (non-hydrogen) atoms. The fourth-order valence-corrected chi connectivity index (χ4v) is 4.34. The van der Waals surface area contributed by atoms with Crippen LogP contribution in [0.15, 0.2) is 42.5 Å². The normalized spacial score (nSPS) is 12.4. The Morgan fingerprint density at radius 2 is 1.61 bits per heavy atom. The van der Waals surface area contributed by atoms with E-state index in [9.17, 15) is 22.4 Å². The SMILES string of the molecule is Cc1cc(C)cc(N(CC(=O)N(Cc2ccccc2F)C(C)C(=O)NC(C)C)S(C)(=O)=O)c1. The molecule has 0 radical (unpaired) electrons. The van der Waals surface area contributed by atoms with Crippen molar-refractivity contribution in [3.8, 4) is 0 Å². The van der Waals surface area contributed by atoms with Gasteiger partial charge in [0, 0.05) is 18.2 Å². The van der Waals surface area contributed by atoms with Crippen LogP contribution in [-0.4, -0.2) is 50.0 Å². The molecule has 0 fully saturated rings. The van der Waals surface area contributed by atoms with Crippen molar-refractivity contribution >= 4 is 27.5 Å². The molecule has 0 heterocycles. The lowest BCUT2D eigenvalue weighted by Gasteiger charge is -2.32. The van der Waals surface area contributed by atoms with Crippen LogP contribution in [0, 0.1) is 19.7 Å². The lowest BCUT2D eigenvalue weighted by Crippen LogP contribution is -2.52. The predicted octanol–water partition coefficient (Wildman–Crippen LogP) is 3.15. The van der Waals surface area contributed by atoms with E-state index in [4.69, 9.17) is 0 Å². The van der Waals surface area contributed by atoms with Crippen LogP contribution < -0.4 is 9.62 Å². The average Bonchev–Trinajstić information content (AvgIpc) is 2.68. The zero-order valence-corrected chi connectivity index (χ0v) is 20.7. The molecule has 2 amide bonds. The third-order valence-corrected chi connectivity index (χ3v) is 6.21. The lowest BCUT2D eigenvalue weighted by molar-refractivity contribution is -0.139. The minimum Gasteiger partial charge on any atom is -0.352 e. The van der Waals surface area contributed by atoms with Crippen LogP contribution in [0.25, 0.3) is 0 Å². The molecule has 2 aromatic carbocycles. The Kier molecular flexibility index (Phi) is 8.60. The molecule has 0 aliphatic heterocycles. The summed E-state index contributed by atoms with van der Waals surface area (Å²) in [6.07, 6.45) is 1.02. The molecule has 1 atom stereocenters. The van der Waals surface area contributed by atoms with Crippen LogP contribution in [0.1, 0.15) is 37.5 Å². The van der Waals surface area contributed by atoms with Crippen molar-refractivity contribution in [2.45, 2.75) is 53.2 Å². The monoisotopic (exact) mass is 477 g/mol. The molecule has 0 aliphatic carbocycles. The first-order valence-electron chi connectivity index (χ1n) is 10.7. The van der Waals surface area contributed by atoms with Crippen molar-refractivity contribution in [1.29, 1.82) is 0 Å². The third-order valence-electron chi connectivity index (χ3n) is 5.07. The number of carbonyl (C=O) groups is 2. The second-order valence-corrected chi connectivity index (χ2v) is 10.5. The Morgan fingerprint density at radius 1 is 1.03 bits per heavy atom. The van der Waals surface area contributed by atoms with Crippen molar-refractivity contribution in [2.75, 3.05) is 17.1 Å². The first-order chi connectivity index (χ1) is 15.3. The number of aryl methyl sites for hydroxylation is 2. The highest BCUT2D eigenvalue weighted by molar-refractivity contribution is 7.92. The topological polar surface area (TPSA) is 86.8 Å². The van der Waals surface area contributed by atoms with Crippen LogP contribution in [0.5, 0.6) is 0 Å². The molecular weight excluding hydrogens is 445 g/mol. The molecule has 1 unspecified atom stereocenters. The van der Waals surface area contributed by atoms with Gasteiger partial charge in [0.15, 0.2) is 0 Å². The van der Waals surface area contributed by atoms with E-state index < -0.39 is 40.2 Å². The highest BCUT2D eigenvalue weighted by atomic mass is 32.2. The molecule has 0 aliphatic rings. The first-order valence-corrected chi connectivity index (χ1v) is 12.5. The molecule has 0 spiro atoms. The number of hydrogen-bond donors (Lipinski definition) is 1. The number of amides is 2. The number of sulfonamides is 1. The van der Waals surface area contributed by atoms with Crippen molar-refractivity contribution in [3.05, 3.63) is 65.0 Å². The number of nitrogens with one attached hydrogen (secondary N) is 1. The molecule has 0 bridgehead atoms. The molecule has 0 saturated carbocycles. The van der Waals surface area contributed by atoms with E-state index in [0.717, 1.165) is 21.7 Å². The Balaban J connectivity index is 2.44. The molecule has 0 saturated heterocycles. The minimum atomic E-state index is -3.81. The van der Waals surface area contributed by atoms with Crippen molar-refractivity contribution in [2.24, 2.45) is 0 Å². The number of benzene rings is 2. The number of hydrogen-bond acceptors (Lipinski definition) is 4. The van der Waals surface area contributed by atoms with Gasteiger partial charge in [0.1, 0.15) is 18.4 Å². The Labute approximate surface area is 195 Å². The lowest BCUT2D eigenvalue weighted by atomic mass is 10.1. The van der Waals surface area contributed by atoms with Crippen molar-refractivity contribution in [3.63, 3.8) is 0 Å². The summed E-state index contributed by atoms with van der Waals surface area (Å²) < 4.78 is 40.5. The summed E-state index contributed by atoms with van der Waals surface area (Å²) in [6, 6.07) is 10.1. The summed E-state index contributed by atoms with van der Waals surface area (Å²) >= 11 is 0. The second-order valence-electron chi connectivity index (χ2n) is 8.57. The number of halogens is 1. The van der Waals surface area contributed by atoms with Crippen LogP contribution in [0.2, 0.25) is 0 Å². The summed E-state index contributed by atoms with van der Waals surface area (Å²) in [4.78, 5) is 27.3. The zero-order valence-electron chi connectivity index (χ0n) is 19.9. The maximum absolute atomic E-state index is 14.3. The minimum absolute atomic E-state index is 0.159. The molecule has 180 valence electrons. The van der Waals surface area contributed by atoms with E-state index in [0.29, 0.717) is 5.69 Å². The summed E-state index contributed by atoms with van der Waals surface area (Å²) in [5, 5.41) is 2.75. The van der Waals surface area contributed by atoms with Gasteiger partial charge in [0.2, 0.25) is 21.8 Å². The van der Waals surface area contributed by atoms with E-state index in [1.54, 1.807) is 32.0 Å². The summed E-state index contributed by atoms with van der Waals surface area (Å²) in [5.74, 6) is -1.54. The highest BCUT2D eigenvalue weighted by Gasteiger charge is 2.30. The van der Waals surface area contributed by atoms with Crippen LogP contribution in [0.4, 0.5) is 10.1 Å². The molecular formula is C24H32FN3O4S. The van der Waals surface area contributed by atoms with E-state index in [1.807, 2.05) is 19.9 Å². The zero-order chi connectivity index (χ0) is 24.9. The van der Waals surface area contributed by atoms with Gasteiger partial charge in [-0.3, -0.25) is 13.9 Å². The quantitative estimate of drug-likeness (QED) is 0.601. The number of nitrogens with zero attached hydrogens (tertiary/aromatic N) is 2. The molecule has 7 nitrogen and oxygen atoms in total. The van der Waals surface area contributed by atoms with Gasteiger partial charge >= 0.3 is 0 Å². The van der Waals surface area contributed by atoms with E-state index >= 15 is 0 Å². The first kappa shape index (κ1) is 26.3. The van der Waals surface area contributed by atoms with Crippen molar-refractivity contribution in [1.82, 2.24) is 10.2 Å². The highest BCUT2D eigenvalue weighted by Crippen LogP contribution is 2.22. The number of rotatable bonds is 9. The van der Waals surface area contributed by atoms with Gasteiger partial charge in [-0.15, -0.1) is 0 Å². The molecule has 1 N–H and O–H groups in total. The van der Waals surface area contributed by atoms with Crippen molar-refractivity contribution < 1.29 is 22.4 Å². The Morgan fingerprint density at radius 3 is 2.12 bits per heavy atom. The summed E-state index contributed by atoms with van der Waals surface area (Å²) in [6.45, 7) is 8.09. The third kappa shape index (κ3) is 7.28. The molecule has 2 aromatic rings. The van der Waals surface area contributed by atoms with E-state index in [2.05, 4.69) is 5.32 Å². The van der Waals surface area contributed by atoms with E-state index in [-0.39, 0.29) is 18.2 Å². The van der Waals surface area contributed by atoms with Crippen LogP contribution in [0.3, 0.4) is 0 Å².